The first-order valence-electron chi connectivity index (χ1n) is 4.79. The topological polar surface area (TPSA) is 85.3 Å². The lowest BCUT2D eigenvalue weighted by molar-refractivity contribution is 0.0695. The molecule has 2 aromatic heterocycles. The van der Waals surface area contributed by atoms with Gasteiger partial charge in [0.2, 0.25) is 11.1 Å². The van der Waals surface area contributed by atoms with Gasteiger partial charge < -0.3 is 14.2 Å². The standard InChI is InChI=1S/C10H10N2O4/c1-3-12-4-6(10(14)15)8(13)7-5(2)11-16-9(7)12/h4H,3H2,1-2H3,(H,14,15). The Hall–Kier alpha value is -2.11. The van der Waals surface area contributed by atoms with Gasteiger partial charge in [-0.25, -0.2) is 4.79 Å². The molecular weight excluding hydrogens is 212 g/mol. The number of nitrogens with zero attached hydrogens (tertiary/aromatic N) is 2. The molecule has 0 aromatic carbocycles. The Labute approximate surface area is 90.1 Å². The van der Waals surface area contributed by atoms with Crippen LogP contribution >= 0.6 is 0 Å². The van der Waals surface area contributed by atoms with Crippen LogP contribution in [0.3, 0.4) is 0 Å². The summed E-state index contributed by atoms with van der Waals surface area (Å²) in [6, 6.07) is 0. The van der Waals surface area contributed by atoms with Gasteiger partial charge >= 0.3 is 5.97 Å². The lowest BCUT2D eigenvalue weighted by Crippen LogP contribution is -2.18. The third-order valence-electron chi connectivity index (χ3n) is 2.43. The van der Waals surface area contributed by atoms with Gasteiger partial charge in [-0.1, -0.05) is 5.16 Å². The zero-order valence-electron chi connectivity index (χ0n) is 8.85. The van der Waals surface area contributed by atoms with Crippen LogP contribution in [0.15, 0.2) is 15.5 Å². The first kappa shape index (κ1) is 10.4. The molecule has 16 heavy (non-hydrogen) atoms. The number of aryl methyl sites for hydroxylation is 2. The molecule has 0 amide bonds. The van der Waals surface area contributed by atoms with E-state index in [1.807, 2.05) is 6.92 Å². The fourth-order valence-electron chi connectivity index (χ4n) is 1.61. The molecule has 2 heterocycles. The van der Waals surface area contributed by atoms with Gasteiger partial charge in [0, 0.05) is 12.7 Å². The highest BCUT2D eigenvalue weighted by atomic mass is 16.5. The Kier molecular flexibility index (Phi) is 2.26. The Balaban J connectivity index is 2.97. The van der Waals surface area contributed by atoms with Gasteiger partial charge in [-0.2, -0.15) is 0 Å². The molecule has 0 saturated heterocycles. The number of carboxylic acid groups (broad SMARTS) is 1. The second-order valence-corrected chi connectivity index (χ2v) is 3.41. The van der Waals surface area contributed by atoms with Crippen LogP contribution in [0.1, 0.15) is 23.0 Å². The van der Waals surface area contributed by atoms with E-state index in [9.17, 15) is 9.59 Å². The van der Waals surface area contributed by atoms with Gasteiger partial charge in [-0.05, 0) is 13.8 Å². The van der Waals surface area contributed by atoms with E-state index in [1.54, 1.807) is 11.5 Å². The van der Waals surface area contributed by atoms with Crippen LogP contribution in [0.25, 0.3) is 11.1 Å². The van der Waals surface area contributed by atoms with Gasteiger partial charge in [-0.15, -0.1) is 0 Å². The molecule has 2 rings (SSSR count). The number of carboxylic acids is 1. The summed E-state index contributed by atoms with van der Waals surface area (Å²) in [5.74, 6) is -1.24. The molecule has 0 spiro atoms. The Morgan fingerprint density at radius 3 is 2.88 bits per heavy atom. The second kappa shape index (κ2) is 3.48. The molecule has 0 aliphatic heterocycles. The van der Waals surface area contributed by atoms with Crippen molar-refractivity contribution in [1.29, 1.82) is 0 Å². The third kappa shape index (κ3) is 1.30. The van der Waals surface area contributed by atoms with Crippen molar-refractivity contribution in [2.75, 3.05) is 0 Å². The maximum Gasteiger partial charge on any atom is 0.341 e. The largest absolute Gasteiger partial charge is 0.477 e. The van der Waals surface area contributed by atoms with Crippen LogP contribution < -0.4 is 5.43 Å². The Morgan fingerprint density at radius 2 is 2.31 bits per heavy atom. The molecule has 0 radical (unpaired) electrons. The summed E-state index contributed by atoms with van der Waals surface area (Å²) in [5.41, 5.74) is -0.0908. The predicted octanol–water partition coefficient (Wildman–Crippen LogP) is 1.02. The van der Waals surface area contributed by atoms with Gasteiger partial charge in [0.15, 0.2) is 0 Å². The summed E-state index contributed by atoms with van der Waals surface area (Å²) in [5, 5.41) is 12.8. The molecule has 0 unspecified atom stereocenters. The van der Waals surface area contributed by atoms with E-state index in [4.69, 9.17) is 9.63 Å². The normalized spacial score (nSPS) is 10.9. The molecule has 2 aromatic rings. The minimum Gasteiger partial charge on any atom is -0.477 e. The van der Waals surface area contributed by atoms with Crippen molar-refractivity contribution in [3.63, 3.8) is 0 Å². The summed E-state index contributed by atoms with van der Waals surface area (Å²) in [4.78, 5) is 22.7. The van der Waals surface area contributed by atoms with Gasteiger partial charge in [0.1, 0.15) is 10.9 Å². The van der Waals surface area contributed by atoms with Gasteiger partial charge in [-0.3, -0.25) is 4.79 Å². The molecule has 0 aliphatic carbocycles. The smallest absolute Gasteiger partial charge is 0.341 e. The lowest BCUT2D eigenvalue weighted by atomic mass is 10.2. The van der Waals surface area contributed by atoms with Crippen molar-refractivity contribution < 1.29 is 14.4 Å². The maximum absolute atomic E-state index is 11.8. The van der Waals surface area contributed by atoms with Gasteiger partial charge in [0.05, 0.1) is 5.69 Å². The first-order valence-corrected chi connectivity index (χ1v) is 4.79. The monoisotopic (exact) mass is 222 g/mol. The van der Waals surface area contributed by atoms with Crippen LogP contribution in [0, 0.1) is 6.92 Å². The van der Waals surface area contributed by atoms with E-state index >= 15 is 0 Å². The van der Waals surface area contributed by atoms with Crippen LogP contribution in [0.4, 0.5) is 0 Å². The average Bonchev–Trinajstić information content (AvgIpc) is 2.62. The van der Waals surface area contributed by atoms with E-state index in [2.05, 4.69) is 5.16 Å². The number of hydrogen-bond acceptors (Lipinski definition) is 4. The Morgan fingerprint density at radius 1 is 1.62 bits per heavy atom. The molecule has 6 nitrogen and oxygen atoms in total. The summed E-state index contributed by atoms with van der Waals surface area (Å²) in [7, 11) is 0. The first-order chi connectivity index (χ1) is 7.56. The highest BCUT2D eigenvalue weighted by Gasteiger charge is 2.18. The van der Waals surface area contributed by atoms with Crippen molar-refractivity contribution >= 4 is 17.1 Å². The summed E-state index contributed by atoms with van der Waals surface area (Å²) >= 11 is 0. The lowest BCUT2D eigenvalue weighted by Gasteiger charge is -2.03. The number of fused-ring (bicyclic) bond motifs is 1. The number of hydrogen-bond donors (Lipinski definition) is 1. The molecule has 0 atom stereocenters. The quantitative estimate of drug-likeness (QED) is 0.819. The van der Waals surface area contributed by atoms with Crippen molar-refractivity contribution in [2.24, 2.45) is 0 Å². The SMILES string of the molecule is CCn1cc(C(=O)O)c(=O)c2c(C)noc21. The molecule has 0 saturated carbocycles. The second-order valence-electron chi connectivity index (χ2n) is 3.41. The third-order valence-corrected chi connectivity index (χ3v) is 2.43. The molecule has 0 bridgehead atoms. The molecule has 0 fully saturated rings. The van der Waals surface area contributed by atoms with Crippen LogP contribution in [-0.4, -0.2) is 20.8 Å². The molecule has 1 N–H and O–H groups in total. The molecule has 6 heteroatoms. The van der Waals surface area contributed by atoms with Crippen LogP contribution in [0.5, 0.6) is 0 Å². The number of carbonyl (C=O) groups is 1. The van der Waals surface area contributed by atoms with E-state index in [0.717, 1.165) is 0 Å². The van der Waals surface area contributed by atoms with Crippen molar-refractivity contribution in [1.82, 2.24) is 9.72 Å². The number of rotatable bonds is 2. The number of pyridine rings is 1. The fraction of sp³-hybridized carbons (Fsp3) is 0.300. The molecule has 84 valence electrons. The Bertz CT molecular complexity index is 624. The molecular formula is C10H10N2O4. The highest BCUT2D eigenvalue weighted by Crippen LogP contribution is 2.15. The van der Waals surface area contributed by atoms with E-state index in [0.29, 0.717) is 18.0 Å². The number of aromatic carboxylic acids is 1. The fourth-order valence-corrected chi connectivity index (χ4v) is 1.61. The summed E-state index contributed by atoms with van der Waals surface area (Å²) in [6.07, 6.45) is 1.28. The van der Waals surface area contributed by atoms with Gasteiger partial charge in [0.25, 0.3) is 0 Å². The van der Waals surface area contributed by atoms with E-state index in [1.165, 1.54) is 6.20 Å². The van der Waals surface area contributed by atoms with E-state index in [-0.39, 0.29) is 10.9 Å². The van der Waals surface area contributed by atoms with Crippen LogP contribution in [0.2, 0.25) is 0 Å². The zero-order chi connectivity index (χ0) is 11.9. The van der Waals surface area contributed by atoms with Crippen molar-refractivity contribution in [3.8, 4) is 0 Å². The minimum atomic E-state index is -1.24. The average molecular weight is 222 g/mol. The van der Waals surface area contributed by atoms with Crippen molar-refractivity contribution in [2.45, 2.75) is 20.4 Å². The predicted molar refractivity (Wildman–Crippen MR) is 55.6 cm³/mol. The van der Waals surface area contributed by atoms with Crippen LogP contribution in [-0.2, 0) is 6.54 Å². The number of aromatic nitrogens is 2. The summed E-state index contributed by atoms with van der Waals surface area (Å²) in [6.45, 7) is 3.94. The zero-order valence-corrected chi connectivity index (χ0v) is 8.85. The van der Waals surface area contributed by atoms with E-state index < -0.39 is 11.4 Å². The maximum atomic E-state index is 11.8. The summed E-state index contributed by atoms with van der Waals surface area (Å²) < 4.78 is 6.56. The molecule has 0 aliphatic rings. The highest BCUT2D eigenvalue weighted by molar-refractivity contribution is 5.91. The minimum absolute atomic E-state index is 0.238. The van der Waals surface area contributed by atoms with Crippen molar-refractivity contribution in [3.05, 3.63) is 27.7 Å².